The fourth-order valence-corrected chi connectivity index (χ4v) is 6.67. The average molecular weight is 474 g/mol. The van der Waals surface area contributed by atoms with Crippen LogP contribution in [-0.2, 0) is 26.0 Å². The molecule has 2 aliphatic rings. The number of carbonyl (C=O) groups is 2. The molecule has 0 spiro atoms. The number of thioether (sulfide) groups is 1. The first-order valence-electron chi connectivity index (χ1n) is 10.8. The molecule has 0 aliphatic carbocycles. The molecule has 9 heteroatoms. The van der Waals surface area contributed by atoms with Crippen molar-refractivity contribution in [2.75, 3.05) is 41.7 Å². The Kier molecular flexibility index (Phi) is 6.60. The Morgan fingerprint density at radius 1 is 1.06 bits per heavy atom. The Morgan fingerprint density at radius 3 is 2.56 bits per heavy atom. The number of para-hydroxylation sites is 1. The van der Waals surface area contributed by atoms with E-state index in [1.165, 1.54) is 21.0 Å². The van der Waals surface area contributed by atoms with Crippen LogP contribution >= 0.6 is 11.8 Å². The summed E-state index contributed by atoms with van der Waals surface area (Å²) < 4.78 is 27.5. The highest BCUT2D eigenvalue weighted by atomic mass is 32.2. The molecule has 2 aromatic carbocycles. The molecule has 2 amide bonds. The normalized spacial score (nSPS) is 16.2. The van der Waals surface area contributed by atoms with Gasteiger partial charge in [0.1, 0.15) is 6.54 Å². The molecule has 2 aliphatic heterocycles. The summed E-state index contributed by atoms with van der Waals surface area (Å²) in [4.78, 5) is 30.3. The second-order valence-corrected chi connectivity index (χ2v) is 10.8. The van der Waals surface area contributed by atoms with E-state index in [0.29, 0.717) is 37.5 Å². The van der Waals surface area contributed by atoms with Crippen molar-refractivity contribution >= 4 is 45.0 Å². The van der Waals surface area contributed by atoms with E-state index in [2.05, 4.69) is 0 Å². The first-order chi connectivity index (χ1) is 15.4. The molecule has 0 radical (unpaired) electrons. The maximum absolute atomic E-state index is 13.2. The summed E-state index contributed by atoms with van der Waals surface area (Å²) in [5.74, 6) is 0.248. The van der Waals surface area contributed by atoms with Crippen molar-refractivity contribution in [1.29, 1.82) is 0 Å². The van der Waals surface area contributed by atoms with Gasteiger partial charge in [-0.25, -0.2) is 8.42 Å². The lowest BCUT2D eigenvalue weighted by atomic mass is 10.2. The van der Waals surface area contributed by atoms with Gasteiger partial charge in [0.2, 0.25) is 21.8 Å². The number of amides is 2. The molecule has 0 saturated carbocycles. The van der Waals surface area contributed by atoms with Gasteiger partial charge < -0.3 is 9.80 Å². The largest absolute Gasteiger partial charge is 0.310 e. The molecule has 0 N–H and O–H groups in total. The average Bonchev–Trinajstić information content (AvgIpc) is 3.16. The summed E-state index contributed by atoms with van der Waals surface area (Å²) in [7, 11) is -3.68. The minimum absolute atomic E-state index is 0.116. The molecule has 2 aromatic rings. The van der Waals surface area contributed by atoms with Crippen LogP contribution in [0.5, 0.6) is 0 Å². The van der Waals surface area contributed by atoms with Crippen LogP contribution in [0.4, 0.5) is 11.4 Å². The third-order valence-electron chi connectivity index (χ3n) is 5.92. The summed E-state index contributed by atoms with van der Waals surface area (Å²) in [6, 6.07) is 12.7. The van der Waals surface area contributed by atoms with Gasteiger partial charge in [-0.05, 0) is 36.2 Å². The number of anilines is 2. The molecule has 0 unspecified atom stereocenters. The Balaban J connectivity index is 1.68. The third-order valence-corrected chi connectivity index (χ3v) is 9.03. The van der Waals surface area contributed by atoms with Crippen molar-refractivity contribution in [3.8, 4) is 0 Å². The number of carbonyl (C=O) groups excluding carboxylic acids is 2. The van der Waals surface area contributed by atoms with E-state index >= 15 is 0 Å². The van der Waals surface area contributed by atoms with Gasteiger partial charge in [-0.15, -0.1) is 11.8 Å². The van der Waals surface area contributed by atoms with Crippen LogP contribution in [0.15, 0.2) is 52.3 Å². The molecule has 0 bridgehead atoms. The lowest BCUT2D eigenvalue weighted by Crippen LogP contribution is -2.42. The highest BCUT2D eigenvalue weighted by molar-refractivity contribution is 7.99. The molecule has 32 heavy (non-hydrogen) atoms. The van der Waals surface area contributed by atoms with E-state index in [4.69, 9.17) is 0 Å². The topological polar surface area (TPSA) is 78.0 Å². The first kappa shape index (κ1) is 22.8. The first-order valence-corrected chi connectivity index (χ1v) is 13.2. The summed E-state index contributed by atoms with van der Waals surface area (Å²) in [5, 5.41) is 0. The Bertz CT molecular complexity index is 1150. The van der Waals surface area contributed by atoms with Gasteiger partial charge in [0, 0.05) is 42.4 Å². The van der Waals surface area contributed by atoms with Crippen molar-refractivity contribution in [2.45, 2.75) is 36.5 Å². The highest BCUT2D eigenvalue weighted by Gasteiger charge is 2.31. The fourth-order valence-electron chi connectivity index (χ4n) is 4.21. The smallest absolute Gasteiger partial charge is 0.247 e. The van der Waals surface area contributed by atoms with E-state index in [1.54, 1.807) is 36.9 Å². The molecule has 0 aromatic heterocycles. The zero-order valence-electron chi connectivity index (χ0n) is 18.3. The van der Waals surface area contributed by atoms with Crippen LogP contribution in [0.25, 0.3) is 0 Å². The Hall–Kier alpha value is -2.36. The number of fused-ring (bicyclic) bond motifs is 2. The lowest BCUT2D eigenvalue weighted by Gasteiger charge is -2.26. The molecule has 2 heterocycles. The van der Waals surface area contributed by atoms with Crippen LogP contribution in [0.1, 0.15) is 25.8 Å². The van der Waals surface area contributed by atoms with E-state index < -0.39 is 10.0 Å². The van der Waals surface area contributed by atoms with Crippen LogP contribution < -0.4 is 9.80 Å². The number of sulfonamides is 1. The Morgan fingerprint density at radius 2 is 1.81 bits per heavy atom. The SMILES string of the molecule is CCN(CC)S(=O)(=O)c1ccc2c(c1)N(CC(=O)N1CCc3ccccc31)C(=O)CCS2. The minimum atomic E-state index is -3.68. The zero-order valence-corrected chi connectivity index (χ0v) is 19.9. The maximum atomic E-state index is 13.2. The van der Waals surface area contributed by atoms with E-state index in [0.717, 1.165) is 22.6 Å². The molecule has 0 atom stereocenters. The van der Waals surface area contributed by atoms with Gasteiger partial charge >= 0.3 is 0 Å². The molecule has 170 valence electrons. The molecule has 0 fully saturated rings. The predicted molar refractivity (Wildman–Crippen MR) is 127 cm³/mol. The zero-order chi connectivity index (χ0) is 22.9. The van der Waals surface area contributed by atoms with Crippen molar-refractivity contribution in [2.24, 2.45) is 0 Å². The number of hydrogen-bond donors (Lipinski definition) is 0. The predicted octanol–water partition coefficient (Wildman–Crippen LogP) is 3.14. The maximum Gasteiger partial charge on any atom is 0.247 e. The monoisotopic (exact) mass is 473 g/mol. The van der Waals surface area contributed by atoms with Crippen LogP contribution in [-0.4, -0.2) is 56.5 Å². The van der Waals surface area contributed by atoms with Crippen LogP contribution in [0.3, 0.4) is 0 Å². The number of hydrogen-bond acceptors (Lipinski definition) is 5. The molecule has 7 nitrogen and oxygen atoms in total. The summed E-state index contributed by atoms with van der Waals surface area (Å²) in [5.41, 5.74) is 2.49. The third kappa shape index (κ3) is 4.16. The van der Waals surface area contributed by atoms with Crippen molar-refractivity contribution in [3.63, 3.8) is 0 Å². The van der Waals surface area contributed by atoms with Crippen LogP contribution in [0, 0.1) is 0 Å². The molecular formula is C23H27N3O4S2. The van der Waals surface area contributed by atoms with Crippen LogP contribution in [0.2, 0.25) is 0 Å². The lowest BCUT2D eigenvalue weighted by molar-refractivity contribution is -0.122. The standard InChI is InChI=1S/C23H27N3O4S2/c1-3-24(4-2)32(29,30)18-9-10-21-20(15-18)26(22(27)12-14-31-21)16-23(28)25-13-11-17-7-5-6-8-19(17)25/h5-10,15H,3-4,11-14,16H2,1-2H3. The van der Waals surface area contributed by atoms with Gasteiger partial charge in [0.05, 0.1) is 10.6 Å². The van der Waals surface area contributed by atoms with Gasteiger partial charge in [0.25, 0.3) is 0 Å². The minimum Gasteiger partial charge on any atom is -0.310 e. The number of rotatable bonds is 6. The van der Waals surface area contributed by atoms with Crippen molar-refractivity contribution < 1.29 is 18.0 Å². The second-order valence-electron chi connectivity index (χ2n) is 7.72. The quantitative estimate of drug-likeness (QED) is 0.644. The molecule has 0 saturated heterocycles. The van der Waals surface area contributed by atoms with E-state index in [1.807, 2.05) is 24.3 Å². The van der Waals surface area contributed by atoms with Gasteiger partial charge in [-0.3, -0.25) is 9.59 Å². The van der Waals surface area contributed by atoms with E-state index in [9.17, 15) is 18.0 Å². The number of benzene rings is 2. The second kappa shape index (κ2) is 9.25. The van der Waals surface area contributed by atoms with Gasteiger partial charge in [-0.1, -0.05) is 32.0 Å². The molecular weight excluding hydrogens is 446 g/mol. The van der Waals surface area contributed by atoms with Gasteiger partial charge in [-0.2, -0.15) is 4.31 Å². The van der Waals surface area contributed by atoms with Gasteiger partial charge in [0.15, 0.2) is 0 Å². The fraction of sp³-hybridized carbons (Fsp3) is 0.391. The summed E-state index contributed by atoms with van der Waals surface area (Å²) in [6.07, 6.45) is 1.08. The Labute approximate surface area is 193 Å². The summed E-state index contributed by atoms with van der Waals surface area (Å²) >= 11 is 1.51. The number of nitrogens with zero attached hydrogens (tertiary/aromatic N) is 3. The molecule has 4 rings (SSSR count). The summed E-state index contributed by atoms with van der Waals surface area (Å²) in [6.45, 7) is 4.78. The van der Waals surface area contributed by atoms with Crippen molar-refractivity contribution in [3.05, 3.63) is 48.0 Å². The highest BCUT2D eigenvalue weighted by Crippen LogP contribution is 2.37. The van der Waals surface area contributed by atoms with Crippen molar-refractivity contribution in [1.82, 2.24) is 4.31 Å². The van der Waals surface area contributed by atoms with E-state index in [-0.39, 0.29) is 23.3 Å².